The van der Waals surface area contributed by atoms with E-state index in [1.165, 1.54) is 44.2 Å². The van der Waals surface area contributed by atoms with Gasteiger partial charge in [-0.1, -0.05) is 18.2 Å². The van der Waals surface area contributed by atoms with Crippen LogP contribution in [-0.2, 0) is 11.3 Å². The lowest BCUT2D eigenvalue weighted by Crippen LogP contribution is -2.28. The average molecular weight is 426 g/mol. The predicted molar refractivity (Wildman–Crippen MR) is 114 cm³/mol. The molecule has 0 fully saturated rings. The van der Waals surface area contributed by atoms with E-state index in [0.29, 0.717) is 22.8 Å². The first-order valence-electron chi connectivity index (χ1n) is 9.57. The Kier molecular flexibility index (Phi) is 7.07. The molecular weight excluding hydrogens is 403 g/mol. The van der Waals surface area contributed by atoms with Crippen LogP contribution >= 0.6 is 0 Å². The van der Waals surface area contributed by atoms with Gasteiger partial charge in [0.05, 0.1) is 26.5 Å². The number of anilines is 1. The lowest BCUT2D eigenvalue weighted by atomic mass is 10.1. The van der Waals surface area contributed by atoms with Crippen molar-refractivity contribution in [2.45, 2.75) is 19.9 Å². The van der Waals surface area contributed by atoms with Crippen LogP contribution in [0, 0.1) is 0 Å². The van der Waals surface area contributed by atoms with Gasteiger partial charge in [0.2, 0.25) is 5.91 Å². The van der Waals surface area contributed by atoms with Crippen LogP contribution < -0.4 is 19.1 Å². The Labute approximate surface area is 179 Å². The summed E-state index contributed by atoms with van der Waals surface area (Å²) in [4.78, 5) is 14.0. The van der Waals surface area contributed by atoms with Crippen LogP contribution in [0.4, 0.5) is 14.5 Å². The molecule has 7 heteroatoms. The molecule has 0 radical (unpaired) electrons. The summed E-state index contributed by atoms with van der Waals surface area (Å²) in [5, 5.41) is 0. The van der Waals surface area contributed by atoms with Gasteiger partial charge in [-0.15, -0.1) is 0 Å². The zero-order valence-corrected chi connectivity index (χ0v) is 17.5. The number of benzene rings is 3. The molecule has 0 aliphatic rings. The normalized spacial score (nSPS) is 11.5. The van der Waals surface area contributed by atoms with Gasteiger partial charge in [-0.3, -0.25) is 4.79 Å². The van der Waals surface area contributed by atoms with Crippen LogP contribution in [0.1, 0.15) is 24.5 Å². The van der Waals surface area contributed by atoms with Gasteiger partial charge in [0.1, 0.15) is 17.2 Å². The zero-order valence-electron chi connectivity index (χ0n) is 17.5. The Morgan fingerprint density at radius 2 is 1.61 bits per heavy atom. The molecule has 0 bridgehead atoms. The van der Waals surface area contributed by atoms with Crippen molar-refractivity contribution >= 4 is 11.6 Å². The van der Waals surface area contributed by atoms with Gasteiger partial charge in [0.15, 0.2) is 5.75 Å². The number of hydrogen-bond acceptors (Lipinski definition) is 4. The second-order valence-corrected chi connectivity index (χ2v) is 6.73. The third-order valence-corrected chi connectivity index (χ3v) is 4.69. The topological polar surface area (TPSA) is 48.0 Å². The van der Waals surface area contributed by atoms with Crippen molar-refractivity contribution in [3.8, 4) is 23.0 Å². The van der Waals surface area contributed by atoms with Crippen LogP contribution in [0.3, 0.4) is 0 Å². The van der Waals surface area contributed by atoms with Crippen molar-refractivity contribution < 1.29 is 27.8 Å². The van der Waals surface area contributed by atoms with Crippen molar-refractivity contribution in [2.24, 2.45) is 0 Å². The standard InChI is InChI=1S/C24H23F2NO4/c1-16(28)27(15-18-13-20(29-2)10-12-22(18)30-3)21-14-17(24(25)26)9-11-23(21)31-19-7-5-4-6-8-19/h4-14,24H,15H2,1-3H3/i25-1. The SMILES string of the molecule is COc1ccc(OC)c(CN(C(C)=O)c2cc(C(F)[18F])ccc2Oc2ccccc2)c1. The summed E-state index contributed by atoms with van der Waals surface area (Å²) in [7, 11) is 3.05. The minimum atomic E-state index is -2.69. The molecule has 1 unspecified atom stereocenters. The third kappa shape index (κ3) is 5.31. The van der Waals surface area contributed by atoms with Gasteiger partial charge in [0, 0.05) is 18.1 Å². The van der Waals surface area contributed by atoms with E-state index in [1.54, 1.807) is 42.5 Å². The van der Waals surface area contributed by atoms with E-state index >= 15 is 0 Å². The maximum Gasteiger partial charge on any atom is 0.263 e. The second-order valence-electron chi connectivity index (χ2n) is 6.73. The number of carbonyl (C=O) groups excluding carboxylic acids is 1. The smallest absolute Gasteiger partial charge is 0.263 e. The van der Waals surface area contributed by atoms with Crippen LogP contribution in [-0.4, -0.2) is 20.1 Å². The minimum Gasteiger partial charge on any atom is -0.497 e. The average Bonchev–Trinajstić information content (AvgIpc) is 2.78. The van der Waals surface area contributed by atoms with Crippen molar-refractivity contribution in [2.75, 3.05) is 19.1 Å². The van der Waals surface area contributed by atoms with Crippen LogP contribution in [0.15, 0.2) is 66.7 Å². The summed E-state index contributed by atoms with van der Waals surface area (Å²) >= 11 is 0. The quantitative estimate of drug-likeness (QED) is 0.444. The molecule has 5 nitrogen and oxygen atoms in total. The van der Waals surface area contributed by atoms with E-state index in [1.807, 2.05) is 6.07 Å². The number of para-hydroxylation sites is 1. The molecule has 3 aromatic rings. The fourth-order valence-electron chi connectivity index (χ4n) is 3.12. The van der Waals surface area contributed by atoms with Crippen molar-refractivity contribution in [1.29, 1.82) is 0 Å². The van der Waals surface area contributed by atoms with Crippen LogP contribution in [0.25, 0.3) is 0 Å². The van der Waals surface area contributed by atoms with E-state index in [9.17, 15) is 13.6 Å². The number of methoxy groups -OCH3 is 2. The number of carbonyl (C=O) groups is 1. The molecule has 0 aliphatic heterocycles. The number of ether oxygens (including phenoxy) is 3. The molecule has 3 aromatic carbocycles. The lowest BCUT2D eigenvalue weighted by molar-refractivity contribution is -0.116. The van der Waals surface area contributed by atoms with E-state index in [-0.39, 0.29) is 29.5 Å². The number of rotatable bonds is 8. The fourth-order valence-corrected chi connectivity index (χ4v) is 3.12. The Morgan fingerprint density at radius 3 is 2.23 bits per heavy atom. The molecule has 0 spiro atoms. The van der Waals surface area contributed by atoms with E-state index in [4.69, 9.17) is 14.2 Å². The molecule has 0 N–H and O–H groups in total. The van der Waals surface area contributed by atoms with Crippen molar-refractivity contribution in [1.82, 2.24) is 0 Å². The molecule has 3 rings (SSSR count). The Bertz CT molecular complexity index is 1040. The van der Waals surface area contributed by atoms with Gasteiger partial charge in [-0.05, 0) is 48.5 Å². The molecule has 0 aromatic heterocycles. The maximum absolute atomic E-state index is 13.4. The van der Waals surface area contributed by atoms with E-state index in [2.05, 4.69) is 0 Å². The lowest BCUT2D eigenvalue weighted by Gasteiger charge is -2.25. The highest BCUT2D eigenvalue weighted by Crippen LogP contribution is 2.37. The first kappa shape index (κ1) is 22.1. The fraction of sp³-hybridized carbons (Fsp3) is 0.208. The minimum absolute atomic E-state index is 0.0769. The molecule has 0 heterocycles. The summed E-state index contributed by atoms with van der Waals surface area (Å²) < 4.78 is 43.5. The molecule has 1 atom stereocenters. The van der Waals surface area contributed by atoms with Gasteiger partial charge in [-0.2, -0.15) is 0 Å². The number of halogens is 2. The summed E-state index contributed by atoms with van der Waals surface area (Å²) in [6.07, 6.45) is -2.69. The summed E-state index contributed by atoms with van der Waals surface area (Å²) in [5.41, 5.74) is 0.684. The van der Waals surface area contributed by atoms with Gasteiger partial charge in [0.25, 0.3) is 6.43 Å². The highest BCUT2D eigenvalue weighted by Gasteiger charge is 2.22. The number of amides is 1. The maximum atomic E-state index is 13.4. The first-order chi connectivity index (χ1) is 14.9. The predicted octanol–water partition coefficient (Wildman–Crippen LogP) is 5.99. The second kappa shape index (κ2) is 9.93. The number of nitrogens with zero attached hydrogens (tertiary/aromatic N) is 1. The molecular formula is C24H23F2NO4. The molecule has 31 heavy (non-hydrogen) atoms. The summed E-state index contributed by atoms with van der Waals surface area (Å²) in [5.74, 6) is 1.60. The highest BCUT2D eigenvalue weighted by atomic mass is 19.2. The molecule has 0 aliphatic carbocycles. The molecule has 0 saturated heterocycles. The number of alkyl halides is 2. The van der Waals surface area contributed by atoms with E-state index in [0.717, 1.165) is 0 Å². The Hall–Kier alpha value is -3.61. The summed E-state index contributed by atoms with van der Waals surface area (Å²) in [6.45, 7) is 1.45. The summed E-state index contributed by atoms with van der Waals surface area (Å²) in [6, 6.07) is 18.1. The zero-order chi connectivity index (χ0) is 22.4. The molecule has 1 amide bonds. The largest absolute Gasteiger partial charge is 0.497 e. The Balaban J connectivity index is 2.07. The van der Waals surface area contributed by atoms with E-state index < -0.39 is 6.43 Å². The highest BCUT2D eigenvalue weighted by molar-refractivity contribution is 5.93. The monoisotopic (exact) mass is 426 g/mol. The Morgan fingerprint density at radius 1 is 0.903 bits per heavy atom. The molecule has 162 valence electrons. The number of hydrogen-bond donors (Lipinski definition) is 0. The van der Waals surface area contributed by atoms with Gasteiger partial charge < -0.3 is 19.1 Å². The first-order valence-corrected chi connectivity index (χ1v) is 9.57. The molecule has 0 saturated carbocycles. The van der Waals surface area contributed by atoms with Crippen molar-refractivity contribution in [3.63, 3.8) is 0 Å². The van der Waals surface area contributed by atoms with Gasteiger partial charge in [-0.25, -0.2) is 8.78 Å². The van der Waals surface area contributed by atoms with Crippen LogP contribution in [0.2, 0.25) is 0 Å². The van der Waals surface area contributed by atoms with Crippen LogP contribution in [0.5, 0.6) is 23.0 Å². The third-order valence-electron chi connectivity index (χ3n) is 4.69. The van der Waals surface area contributed by atoms with Gasteiger partial charge >= 0.3 is 0 Å². The van der Waals surface area contributed by atoms with Crippen molar-refractivity contribution in [3.05, 3.63) is 77.9 Å².